The highest BCUT2D eigenvalue weighted by Gasteiger charge is 2.28. The van der Waals surface area contributed by atoms with Crippen LogP contribution in [0.5, 0.6) is 23.0 Å². The predicted octanol–water partition coefficient (Wildman–Crippen LogP) is 3.05. The largest absolute Gasteiger partial charge is 0.493 e. The van der Waals surface area contributed by atoms with Crippen LogP contribution >= 0.6 is 0 Å². The van der Waals surface area contributed by atoms with E-state index in [1.54, 1.807) is 26.4 Å². The van der Waals surface area contributed by atoms with E-state index in [-0.39, 0.29) is 11.6 Å². The normalized spacial score (nSPS) is 18.3. The molecule has 0 bridgehead atoms. The molecule has 1 saturated heterocycles. The molecule has 2 aliphatic heterocycles. The average molecular weight is 423 g/mol. The Kier molecular flexibility index (Phi) is 5.15. The molecular weight excluding hydrogens is 398 g/mol. The maximum Gasteiger partial charge on any atom is 0.258 e. The molecule has 0 saturated carbocycles. The van der Waals surface area contributed by atoms with Crippen molar-refractivity contribution in [3.8, 4) is 23.0 Å². The number of hydrogen-bond acceptors (Lipinski definition) is 7. The molecule has 0 spiro atoms. The van der Waals surface area contributed by atoms with E-state index in [0.717, 1.165) is 30.9 Å². The quantitative estimate of drug-likeness (QED) is 0.675. The molecule has 0 radical (unpaired) electrons. The summed E-state index contributed by atoms with van der Waals surface area (Å²) < 4.78 is 22.1. The molecule has 1 aromatic heterocycles. The van der Waals surface area contributed by atoms with E-state index in [1.807, 2.05) is 6.07 Å². The van der Waals surface area contributed by atoms with Gasteiger partial charge < -0.3 is 23.9 Å². The van der Waals surface area contributed by atoms with E-state index < -0.39 is 0 Å². The number of likely N-dealkylation sites (tertiary alicyclic amines) is 1. The second-order valence-electron chi connectivity index (χ2n) is 7.77. The fourth-order valence-electron chi connectivity index (χ4n) is 4.44. The van der Waals surface area contributed by atoms with Crippen molar-refractivity contribution < 1.29 is 18.9 Å². The number of benzene rings is 2. The average Bonchev–Trinajstić information content (AvgIpc) is 3.26. The Balaban J connectivity index is 1.44. The van der Waals surface area contributed by atoms with Gasteiger partial charge in [-0.15, -0.1) is 0 Å². The molecule has 1 atom stereocenters. The molecule has 8 heteroatoms. The minimum atomic E-state index is -0.184. The van der Waals surface area contributed by atoms with Crippen LogP contribution in [0, 0.1) is 0 Å². The lowest BCUT2D eigenvalue weighted by atomic mass is 10.0. The van der Waals surface area contributed by atoms with Crippen LogP contribution in [0.2, 0.25) is 0 Å². The fraction of sp³-hybridized carbons (Fsp3) is 0.391. The molecule has 0 aliphatic carbocycles. The molecule has 162 valence electrons. The molecule has 2 aliphatic rings. The Morgan fingerprint density at radius 3 is 2.68 bits per heavy atom. The van der Waals surface area contributed by atoms with Crippen molar-refractivity contribution in [2.45, 2.75) is 25.4 Å². The van der Waals surface area contributed by atoms with E-state index in [4.69, 9.17) is 23.9 Å². The summed E-state index contributed by atoms with van der Waals surface area (Å²) in [6.45, 7) is 2.65. The first-order chi connectivity index (χ1) is 15.2. The van der Waals surface area contributed by atoms with Crippen molar-refractivity contribution in [2.24, 2.45) is 0 Å². The van der Waals surface area contributed by atoms with Gasteiger partial charge in [0.1, 0.15) is 19.0 Å². The zero-order chi connectivity index (χ0) is 21.4. The summed E-state index contributed by atoms with van der Waals surface area (Å²) in [6, 6.07) is 9.81. The number of H-pyrrole nitrogens is 1. The van der Waals surface area contributed by atoms with Crippen LogP contribution in [0.1, 0.15) is 30.3 Å². The Morgan fingerprint density at radius 1 is 1.10 bits per heavy atom. The minimum absolute atomic E-state index is 0.184. The Hall–Kier alpha value is -3.26. The van der Waals surface area contributed by atoms with Crippen LogP contribution in [0.3, 0.4) is 0 Å². The Morgan fingerprint density at radius 2 is 1.87 bits per heavy atom. The highest BCUT2D eigenvalue weighted by molar-refractivity contribution is 5.81. The van der Waals surface area contributed by atoms with E-state index in [2.05, 4.69) is 22.0 Å². The summed E-state index contributed by atoms with van der Waals surface area (Å²) in [5.41, 5.74) is 1.60. The lowest BCUT2D eigenvalue weighted by Crippen LogP contribution is -2.26. The van der Waals surface area contributed by atoms with Gasteiger partial charge in [0.25, 0.3) is 5.56 Å². The highest BCUT2D eigenvalue weighted by atomic mass is 16.6. The number of fused-ring (bicyclic) bond motifs is 2. The Bertz CT molecular complexity index is 1180. The highest BCUT2D eigenvalue weighted by Crippen LogP contribution is 2.38. The van der Waals surface area contributed by atoms with Crippen LogP contribution in [0.15, 0.2) is 35.1 Å². The zero-order valence-corrected chi connectivity index (χ0v) is 17.6. The number of rotatable bonds is 5. The third-order valence-corrected chi connectivity index (χ3v) is 5.93. The van der Waals surface area contributed by atoms with Crippen molar-refractivity contribution in [3.05, 3.63) is 52.1 Å². The second-order valence-corrected chi connectivity index (χ2v) is 7.77. The molecular formula is C23H25N3O5. The van der Waals surface area contributed by atoms with Gasteiger partial charge in [-0.05, 0) is 43.1 Å². The summed E-state index contributed by atoms with van der Waals surface area (Å²) in [5, 5.41) is 0.478. The number of ether oxygens (including phenoxy) is 4. The first-order valence-electron chi connectivity index (χ1n) is 10.4. The lowest BCUT2D eigenvalue weighted by Gasteiger charge is -2.26. The van der Waals surface area contributed by atoms with Crippen molar-refractivity contribution in [3.63, 3.8) is 0 Å². The minimum Gasteiger partial charge on any atom is -0.493 e. The third kappa shape index (κ3) is 3.67. The van der Waals surface area contributed by atoms with Gasteiger partial charge in [0.15, 0.2) is 23.0 Å². The third-order valence-electron chi connectivity index (χ3n) is 5.93. The van der Waals surface area contributed by atoms with Crippen LogP contribution in [-0.2, 0) is 6.54 Å². The van der Waals surface area contributed by atoms with Gasteiger partial charge in [-0.2, -0.15) is 0 Å². The standard InChI is InChI=1S/C23H25N3O5/c1-28-19-11-15-16(12-20(19)29-2)24-22(25-23(15)27)13-26-7-3-4-17(26)14-5-6-18-21(10-14)31-9-8-30-18/h5-6,10-12,17H,3-4,7-9,13H2,1-2H3,(H,24,25,27). The van der Waals surface area contributed by atoms with Gasteiger partial charge in [-0.3, -0.25) is 9.69 Å². The van der Waals surface area contributed by atoms with Gasteiger partial charge in [0.2, 0.25) is 0 Å². The number of nitrogens with one attached hydrogen (secondary N) is 1. The summed E-state index contributed by atoms with van der Waals surface area (Å²) >= 11 is 0. The van der Waals surface area contributed by atoms with E-state index in [1.165, 1.54) is 5.56 Å². The van der Waals surface area contributed by atoms with E-state index >= 15 is 0 Å². The Labute approximate surface area is 179 Å². The van der Waals surface area contributed by atoms with Gasteiger partial charge in [0.05, 0.1) is 31.7 Å². The van der Waals surface area contributed by atoms with Crippen molar-refractivity contribution in [1.29, 1.82) is 0 Å². The first kappa shape index (κ1) is 19.7. The smallest absolute Gasteiger partial charge is 0.258 e. The molecule has 3 heterocycles. The van der Waals surface area contributed by atoms with Crippen LogP contribution in [0.25, 0.3) is 10.9 Å². The molecule has 31 heavy (non-hydrogen) atoms. The maximum absolute atomic E-state index is 12.7. The molecule has 1 fully saturated rings. The predicted molar refractivity (Wildman–Crippen MR) is 115 cm³/mol. The van der Waals surface area contributed by atoms with Crippen molar-refractivity contribution >= 4 is 10.9 Å². The van der Waals surface area contributed by atoms with Crippen molar-refractivity contribution in [2.75, 3.05) is 34.0 Å². The molecule has 0 amide bonds. The van der Waals surface area contributed by atoms with Crippen LogP contribution in [-0.4, -0.2) is 48.8 Å². The first-order valence-corrected chi connectivity index (χ1v) is 10.4. The van der Waals surface area contributed by atoms with E-state index in [0.29, 0.717) is 48.0 Å². The molecule has 2 aromatic carbocycles. The monoisotopic (exact) mass is 423 g/mol. The number of aromatic amines is 1. The number of aromatic nitrogens is 2. The molecule has 3 aromatic rings. The molecule has 8 nitrogen and oxygen atoms in total. The second kappa shape index (κ2) is 8.11. The lowest BCUT2D eigenvalue weighted by molar-refractivity contribution is 0.170. The summed E-state index contributed by atoms with van der Waals surface area (Å²) in [5.74, 6) is 3.29. The van der Waals surface area contributed by atoms with Gasteiger partial charge >= 0.3 is 0 Å². The SMILES string of the molecule is COc1cc2nc(CN3CCCC3c3ccc4c(c3)OCCO4)[nH]c(=O)c2cc1OC. The van der Waals surface area contributed by atoms with Gasteiger partial charge in [-0.1, -0.05) is 6.07 Å². The van der Waals surface area contributed by atoms with E-state index in [9.17, 15) is 4.79 Å². The summed E-state index contributed by atoms with van der Waals surface area (Å²) in [6.07, 6.45) is 2.13. The van der Waals surface area contributed by atoms with Crippen LogP contribution < -0.4 is 24.5 Å². The van der Waals surface area contributed by atoms with Crippen molar-refractivity contribution in [1.82, 2.24) is 14.9 Å². The summed E-state index contributed by atoms with van der Waals surface area (Å²) in [4.78, 5) is 22.7. The fourth-order valence-corrected chi connectivity index (χ4v) is 4.44. The maximum atomic E-state index is 12.7. The zero-order valence-electron chi connectivity index (χ0n) is 17.6. The number of hydrogen-bond donors (Lipinski definition) is 1. The molecule has 5 rings (SSSR count). The van der Waals surface area contributed by atoms with Gasteiger partial charge in [-0.25, -0.2) is 4.98 Å². The molecule has 1 N–H and O–H groups in total. The molecule has 1 unspecified atom stereocenters. The number of methoxy groups -OCH3 is 2. The number of nitrogens with zero attached hydrogens (tertiary/aromatic N) is 2. The van der Waals surface area contributed by atoms with Crippen LogP contribution in [0.4, 0.5) is 0 Å². The topological polar surface area (TPSA) is 85.9 Å². The summed E-state index contributed by atoms with van der Waals surface area (Å²) in [7, 11) is 3.12. The van der Waals surface area contributed by atoms with Gasteiger partial charge in [0, 0.05) is 12.1 Å².